The van der Waals surface area contributed by atoms with Gasteiger partial charge in [-0.1, -0.05) is 19.3 Å². The van der Waals surface area contributed by atoms with Crippen molar-refractivity contribution < 1.29 is 14.6 Å². The van der Waals surface area contributed by atoms with Crippen molar-refractivity contribution in [2.75, 3.05) is 14.2 Å². The fourth-order valence-corrected chi connectivity index (χ4v) is 3.05. The molecular weight excluding hydrogens is 254 g/mol. The number of ether oxygens (including phenoxy) is 2. The highest BCUT2D eigenvalue weighted by atomic mass is 16.5. The van der Waals surface area contributed by atoms with Crippen LogP contribution in [-0.4, -0.2) is 25.4 Å². The van der Waals surface area contributed by atoms with E-state index in [1.165, 1.54) is 19.3 Å². The first-order chi connectivity index (χ1) is 9.67. The average Bonchev–Trinajstić information content (AvgIpc) is 2.53. The largest absolute Gasteiger partial charge is 0.497 e. The molecule has 0 heterocycles. The molecule has 1 aromatic carbocycles. The molecular formula is C16H25NO3. The Bertz CT molecular complexity index is 430. The van der Waals surface area contributed by atoms with E-state index in [2.05, 4.69) is 0 Å². The Morgan fingerprint density at radius 2 is 1.85 bits per heavy atom. The van der Waals surface area contributed by atoms with Crippen LogP contribution in [0, 0.1) is 5.92 Å². The minimum atomic E-state index is -0.516. The summed E-state index contributed by atoms with van der Waals surface area (Å²) in [6, 6.07) is 5.13. The minimum absolute atomic E-state index is 0.297. The second-order valence-electron chi connectivity index (χ2n) is 5.52. The maximum absolute atomic E-state index is 10.5. The van der Waals surface area contributed by atoms with Crippen LogP contribution in [0.15, 0.2) is 18.2 Å². The van der Waals surface area contributed by atoms with Crippen molar-refractivity contribution in [3.8, 4) is 11.5 Å². The van der Waals surface area contributed by atoms with Crippen LogP contribution in [-0.2, 0) is 0 Å². The van der Waals surface area contributed by atoms with Crippen LogP contribution < -0.4 is 15.2 Å². The highest BCUT2D eigenvalue weighted by molar-refractivity contribution is 5.42. The standard InChI is InChI=1S/C16H25NO3/c1-19-12-8-9-13(14(10-12)20-2)15(17)16(18)11-6-4-3-5-7-11/h8-11,15-16,18H,3-7,17H2,1-2H3/t15-,16+/m0/s1. The molecule has 0 unspecified atom stereocenters. The second-order valence-corrected chi connectivity index (χ2v) is 5.52. The van der Waals surface area contributed by atoms with Crippen molar-refractivity contribution in [3.05, 3.63) is 23.8 Å². The summed E-state index contributed by atoms with van der Waals surface area (Å²) in [6.07, 6.45) is 5.26. The van der Waals surface area contributed by atoms with Crippen LogP contribution >= 0.6 is 0 Å². The Labute approximate surface area is 120 Å². The van der Waals surface area contributed by atoms with Crippen LogP contribution in [0.5, 0.6) is 11.5 Å². The van der Waals surface area contributed by atoms with Gasteiger partial charge in [-0.25, -0.2) is 0 Å². The van der Waals surface area contributed by atoms with Gasteiger partial charge in [0.25, 0.3) is 0 Å². The van der Waals surface area contributed by atoms with Crippen LogP contribution in [0.4, 0.5) is 0 Å². The third-order valence-corrected chi connectivity index (χ3v) is 4.30. The predicted molar refractivity (Wildman–Crippen MR) is 79.1 cm³/mol. The van der Waals surface area contributed by atoms with Crippen LogP contribution in [0.1, 0.15) is 43.7 Å². The van der Waals surface area contributed by atoms with Gasteiger partial charge in [-0.05, 0) is 30.9 Å². The lowest BCUT2D eigenvalue weighted by Crippen LogP contribution is -2.34. The van der Waals surface area contributed by atoms with Crippen LogP contribution in [0.2, 0.25) is 0 Å². The zero-order chi connectivity index (χ0) is 14.5. The minimum Gasteiger partial charge on any atom is -0.497 e. The number of benzene rings is 1. The van der Waals surface area contributed by atoms with Gasteiger partial charge in [0.2, 0.25) is 0 Å². The first kappa shape index (κ1) is 15.1. The van der Waals surface area contributed by atoms with Crippen molar-refractivity contribution in [3.63, 3.8) is 0 Å². The number of hydrogen-bond acceptors (Lipinski definition) is 4. The first-order valence-electron chi connectivity index (χ1n) is 7.33. The van der Waals surface area contributed by atoms with Gasteiger partial charge in [0.1, 0.15) is 11.5 Å². The smallest absolute Gasteiger partial charge is 0.127 e. The molecule has 1 fully saturated rings. The molecule has 2 rings (SSSR count). The molecule has 0 aliphatic heterocycles. The van der Waals surface area contributed by atoms with Gasteiger partial charge in [0.05, 0.1) is 26.4 Å². The molecule has 0 spiro atoms. The topological polar surface area (TPSA) is 64.7 Å². The van der Waals surface area contributed by atoms with Gasteiger partial charge in [-0.15, -0.1) is 0 Å². The molecule has 0 aromatic heterocycles. The summed E-state index contributed by atoms with van der Waals surface area (Å²) in [4.78, 5) is 0. The molecule has 1 saturated carbocycles. The van der Waals surface area contributed by atoms with E-state index >= 15 is 0 Å². The summed E-state index contributed by atoms with van der Waals surface area (Å²) in [5.41, 5.74) is 7.11. The van der Waals surface area contributed by atoms with Gasteiger partial charge in [0.15, 0.2) is 0 Å². The number of aliphatic hydroxyl groups is 1. The lowest BCUT2D eigenvalue weighted by atomic mass is 9.81. The van der Waals surface area contributed by atoms with Crippen molar-refractivity contribution in [1.29, 1.82) is 0 Å². The summed E-state index contributed by atoms with van der Waals surface area (Å²) in [6.45, 7) is 0. The monoisotopic (exact) mass is 279 g/mol. The van der Waals surface area contributed by atoms with E-state index < -0.39 is 12.1 Å². The second kappa shape index (κ2) is 6.95. The average molecular weight is 279 g/mol. The molecule has 0 bridgehead atoms. The highest BCUT2D eigenvalue weighted by Gasteiger charge is 2.29. The Morgan fingerprint density at radius 3 is 2.45 bits per heavy atom. The lowest BCUT2D eigenvalue weighted by molar-refractivity contribution is 0.0610. The molecule has 1 aliphatic rings. The van der Waals surface area contributed by atoms with Gasteiger partial charge < -0.3 is 20.3 Å². The lowest BCUT2D eigenvalue weighted by Gasteiger charge is -2.31. The number of rotatable bonds is 5. The fourth-order valence-electron chi connectivity index (χ4n) is 3.05. The molecule has 112 valence electrons. The summed E-state index contributed by atoms with van der Waals surface area (Å²) in [5, 5.41) is 10.5. The third kappa shape index (κ3) is 3.25. The Morgan fingerprint density at radius 1 is 1.15 bits per heavy atom. The number of nitrogens with two attached hydrogens (primary N) is 1. The van der Waals surface area contributed by atoms with E-state index in [-0.39, 0.29) is 0 Å². The highest BCUT2D eigenvalue weighted by Crippen LogP contribution is 2.35. The molecule has 20 heavy (non-hydrogen) atoms. The summed E-state index contributed by atoms with van der Waals surface area (Å²) in [5.74, 6) is 1.70. The van der Waals surface area contributed by atoms with E-state index in [9.17, 15) is 5.11 Å². The van der Waals surface area contributed by atoms with Gasteiger partial charge in [-0.3, -0.25) is 0 Å². The SMILES string of the molecule is COc1ccc([C@H](N)[C@H](O)C2CCCCC2)c(OC)c1. The molecule has 3 N–H and O–H groups in total. The van der Waals surface area contributed by atoms with Crippen molar-refractivity contribution in [1.82, 2.24) is 0 Å². The summed E-state index contributed by atoms with van der Waals surface area (Å²) < 4.78 is 10.6. The molecule has 1 aromatic rings. The van der Waals surface area contributed by atoms with E-state index in [1.807, 2.05) is 18.2 Å². The molecule has 0 amide bonds. The molecule has 0 saturated heterocycles. The normalized spacial score (nSPS) is 19.4. The van der Waals surface area contributed by atoms with E-state index in [4.69, 9.17) is 15.2 Å². The van der Waals surface area contributed by atoms with Gasteiger partial charge >= 0.3 is 0 Å². The van der Waals surface area contributed by atoms with Crippen LogP contribution in [0.25, 0.3) is 0 Å². The number of hydrogen-bond donors (Lipinski definition) is 2. The van der Waals surface area contributed by atoms with Crippen molar-refractivity contribution in [2.24, 2.45) is 11.7 Å². The number of aliphatic hydroxyl groups excluding tert-OH is 1. The fraction of sp³-hybridized carbons (Fsp3) is 0.625. The zero-order valence-electron chi connectivity index (χ0n) is 12.3. The Hall–Kier alpha value is -1.26. The molecule has 1 aliphatic carbocycles. The van der Waals surface area contributed by atoms with E-state index in [0.717, 1.165) is 24.2 Å². The van der Waals surface area contributed by atoms with Gasteiger partial charge in [-0.2, -0.15) is 0 Å². The Kier molecular flexibility index (Phi) is 5.26. The molecule has 0 radical (unpaired) electrons. The van der Waals surface area contributed by atoms with E-state index in [0.29, 0.717) is 11.7 Å². The van der Waals surface area contributed by atoms with Gasteiger partial charge in [0, 0.05) is 11.6 Å². The first-order valence-corrected chi connectivity index (χ1v) is 7.33. The quantitative estimate of drug-likeness (QED) is 0.869. The molecule has 2 atom stereocenters. The third-order valence-electron chi connectivity index (χ3n) is 4.30. The maximum Gasteiger partial charge on any atom is 0.127 e. The summed E-state index contributed by atoms with van der Waals surface area (Å²) >= 11 is 0. The Balaban J connectivity index is 2.16. The van der Waals surface area contributed by atoms with Crippen molar-refractivity contribution >= 4 is 0 Å². The van der Waals surface area contributed by atoms with Crippen LogP contribution in [0.3, 0.4) is 0 Å². The molecule has 4 nitrogen and oxygen atoms in total. The van der Waals surface area contributed by atoms with Crippen molar-refractivity contribution in [2.45, 2.75) is 44.2 Å². The summed E-state index contributed by atoms with van der Waals surface area (Å²) in [7, 11) is 3.23. The van der Waals surface area contributed by atoms with E-state index in [1.54, 1.807) is 14.2 Å². The molecule has 4 heteroatoms. The zero-order valence-corrected chi connectivity index (χ0v) is 12.3. The maximum atomic E-state index is 10.5. The predicted octanol–water partition coefficient (Wildman–Crippen LogP) is 2.64. The number of methoxy groups -OCH3 is 2.